The summed E-state index contributed by atoms with van der Waals surface area (Å²) in [7, 11) is -0.147. The minimum atomic E-state index is -3.54. The molecule has 0 spiro atoms. The van der Waals surface area contributed by atoms with E-state index < -0.39 is 10.0 Å². The number of nitrogens with zero attached hydrogens (tertiary/aromatic N) is 2. The molecule has 1 aliphatic heterocycles. The Hall–Kier alpha value is -0.920. The first-order valence-electron chi connectivity index (χ1n) is 6.79. The van der Waals surface area contributed by atoms with Gasteiger partial charge in [-0.05, 0) is 31.0 Å². The molecule has 7 heteroatoms. The van der Waals surface area contributed by atoms with Gasteiger partial charge in [0, 0.05) is 31.7 Å². The van der Waals surface area contributed by atoms with Gasteiger partial charge in [0.2, 0.25) is 15.9 Å². The Morgan fingerprint density at radius 2 is 2.10 bits per heavy atom. The van der Waals surface area contributed by atoms with E-state index in [1.807, 2.05) is 0 Å². The lowest BCUT2D eigenvalue weighted by molar-refractivity contribution is -0.134. The summed E-state index contributed by atoms with van der Waals surface area (Å²) < 4.78 is 27.5. The first-order chi connectivity index (χ1) is 9.82. The van der Waals surface area contributed by atoms with E-state index in [0.29, 0.717) is 13.0 Å². The number of hydrogen-bond acceptors (Lipinski definition) is 3. The van der Waals surface area contributed by atoms with Crippen molar-refractivity contribution in [2.24, 2.45) is 5.92 Å². The third-order valence-corrected chi connectivity index (χ3v) is 5.96. The smallest absolute Gasteiger partial charge is 0.243 e. The molecule has 0 bridgehead atoms. The number of amides is 1. The fourth-order valence-corrected chi connectivity index (χ4v) is 4.62. The minimum Gasteiger partial charge on any atom is -0.349 e. The van der Waals surface area contributed by atoms with E-state index in [2.05, 4.69) is 15.9 Å². The van der Waals surface area contributed by atoms with E-state index in [1.165, 1.54) is 9.21 Å². The summed E-state index contributed by atoms with van der Waals surface area (Å²) in [6, 6.07) is 6.65. The van der Waals surface area contributed by atoms with Crippen LogP contribution in [0.15, 0.2) is 33.6 Å². The zero-order chi connectivity index (χ0) is 15.6. The molecule has 0 radical (unpaired) electrons. The highest BCUT2D eigenvalue weighted by Gasteiger charge is 2.33. The van der Waals surface area contributed by atoms with Gasteiger partial charge in [-0.2, -0.15) is 4.31 Å². The van der Waals surface area contributed by atoms with Crippen molar-refractivity contribution in [3.8, 4) is 0 Å². The zero-order valence-electron chi connectivity index (χ0n) is 12.1. The van der Waals surface area contributed by atoms with Gasteiger partial charge >= 0.3 is 0 Å². The molecule has 116 valence electrons. The van der Waals surface area contributed by atoms with Gasteiger partial charge in [-0.3, -0.25) is 4.79 Å². The fourth-order valence-electron chi connectivity index (χ4n) is 2.50. The number of halogens is 1. The van der Waals surface area contributed by atoms with Gasteiger partial charge in [0.1, 0.15) is 0 Å². The molecule has 1 aromatic carbocycles. The normalized spacial score (nSPS) is 20.2. The first kappa shape index (κ1) is 16.5. The van der Waals surface area contributed by atoms with E-state index in [1.54, 1.807) is 38.4 Å². The predicted octanol–water partition coefficient (Wildman–Crippen LogP) is 1.94. The molecule has 0 N–H and O–H groups in total. The van der Waals surface area contributed by atoms with Crippen LogP contribution in [0.2, 0.25) is 0 Å². The van der Waals surface area contributed by atoms with Crippen LogP contribution in [-0.2, 0) is 14.8 Å². The second-order valence-corrected chi connectivity index (χ2v) is 8.25. The van der Waals surface area contributed by atoms with Crippen molar-refractivity contribution >= 4 is 31.9 Å². The summed E-state index contributed by atoms with van der Waals surface area (Å²) in [5, 5.41) is 0. The molecule has 1 heterocycles. The average molecular weight is 375 g/mol. The van der Waals surface area contributed by atoms with Gasteiger partial charge in [0.05, 0.1) is 10.8 Å². The van der Waals surface area contributed by atoms with Crippen LogP contribution in [0.25, 0.3) is 0 Å². The van der Waals surface area contributed by atoms with Gasteiger partial charge in [0.25, 0.3) is 0 Å². The third-order valence-electron chi connectivity index (χ3n) is 3.61. The highest BCUT2D eigenvalue weighted by Crippen LogP contribution is 2.26. The number of sulfonamides is 1. The van der Waals surface area contributed by atoms with Crippen LogP contribution in [-0.4, -0.2) is 50.7 Å². The number of hydrogen-bond donors (Lipinski definition) is 0. The van der Waals surface area contributed by atoms with Crippen LogP contribution in [0.4, 0.5) is 0 Å². The van der Waals surface area contributed by atoms with Crippen LogP contribution in [0.5, 0.6) is 0 Å². The Morgan fingerprint density at radius 1 is 1.38 bits per heavy atom. The summed E-state index contributed by atoms with van der Waals surface area (Å²) in [5.41, 5.74) is 0. The lowest BCUT2D eigenvalue weighted by Gasteiger charge is -2.32. The SMILES string of the molecule is CN(C)C(=O)C1CCCN(S(=O)(=O)c2cccc(Br)c2)C1. The Labute approximate surface area is 134 Å². The second-order valence-electron chi connectivity index (χ2n) is 5.39. The van der Waals surface area contributed by atoms with Crippen molar-refractivity contribution in [1.82, 2.24) is 9.21 Å². The van der Waals surface area contributed by atoms with Crippen molar-refractivity contribution < 1.29 is 13.2 Å². The summed E-state index contributed by atoms with van der Waals surface area (Å²) in [5.74, 6) is -0.264. The number of benzene rings is 1. The van der Waals surface area contributed by atoms with E-state index >= 15 is 0 Å². The number of carbonyl (C=O) groups is 1. The molecule has 0 aliphatic carbocycles. The van der Waals surface area contributed by atoms with E-state index in [4.69, 9.17) is 0 Å². The lowest BCUT2D eigenvalue weighted by Crippen LogP contribution is -2.45. The van der Waals surface area contributed by atoms with Crippen molar-refractivity contribution in [3.63, 3.8) is 0 Å². The van der Waals surface area contributed by atoms with Crippen LogP contribution in [0, 0.1) is 5.92 Å². The molecule has 1 atom stereocenters. The maximum absolute atomic E-state index is 12.7. The van der Waals surface area contributed by atoms with E-state index in [0.717, 1.165) is 10.9 Å². The lowest BCUT2D eigenvalue weighted by atomic mass is 9.98. The highest BCUT2D eigenvalue weighted by molar-refractivity contribution is 9.10. The van der Waals surface area contributed by atoms with Gasteiger partial charge in [-0.1, -0.05) is 22.0 Å². The van der Waals surface area contributed by atoms with Crippen molar-refractivity contribution in [1.29, 1.82) is 0 Å². The van der Waals surface area contributed by atoms with Crippen molar-refractivity contribution in [2.45, 2.75) is 17.7 Å². The standard InChI is InChI=1S/C14H19BrN2O3S/c1-16(2)14(18)11-5-4-8-17(10-11)21(19,20)13-7-3-6-12(15)9-13/h3,6-7,9,11H,4-5,8,10H2,1-2H3. The fraction of sp³-hybridized carbons (Fsp3) is 0.500. The summed E-state index contributed by atoms with van der Waals surface area (Å²) in [6.45, 7) is 0.720. The summed E-state index contributed by atoms with van der Waals surface area (Å²) in [6.07, 6.45) is 1.44. The van der Waals surface area contributed by atoms with E-state index in [9.17, 15) is 13.2 Å². The molecule has 0 saturated carbocycles. The van der Waals surface area contributed by atoms with Gasteiger partial charge in [0.15, 0.2) is 0 Å². The molecule has 1 fully saturated rings. The van der Waals surface area contributed by atoms with Crippen molar-refractivity contribution in [2.75, 3.05) is 27.2 Å². The molecular formula is C14H19BrN2O3S. The largest absolute Gasteiger partial charge is 0.349 e. The quantitative estimate of drug-likeness (QED) is 0.812. The number of piperidine rings is 1. The Morgan fingerprint density at radius 3 is 2.71 bits per heavy atom. The molecule has 1 saturated heterocycles. The predicted molar refractivity (Wildman–Crippen MR) is 84.3 cm³/mol. The van der Waals surface area contributed by atoms with Crippen LogP contribution >= 0.6 is 15.9 Å². The molecule has 5 nitrogen and oxygen atoms in total. The summed E-state index contributed by atoms with van der Waals surface area (Å²) in [4.78, 5) is 13.8. The first-order valence-corrected chi connectivity index (χ1v) is 9.02. The second kappa shape index (κ2) is 6.46. The molecule has 1 aromatic rings. The Bertz CT molecular complexity index is 631. The zero-order valence-corrected chi connectivity index (χ0v) is 14.5. The van der Waals surface area contributed by atoms with E-state index in [-0.39, 0.29) is 23.3 Å². The number of carbonyl (C=O) groups excluding carboxylic acids is 1. The highest BCUT2D eigenvalue weighted by atomic mass is 79.9. The van der Waals surface area contributed by atoms with Gasteiger partial charge < -0.3 is 4.90 Å². The Balaban J connectivity index is 2.22. The third kappa shape index (κ3) is 3.64. The van der Waals surface area contributed by atoms with Crippen LogP contribution in [0.1, 0.15) is 12.8 Å². The maximum Gasteiger partial charge on any atom is 0.243 e. The minimum absolute atomic E-state index is 0.0101. The molecule has 0 aromatic heterocycles. The number of rotatable bonds is 3. The summed E-state index contributed by atoms with van der Waals surface area (Å²) >= 11 is 3.29. The van der Waals surface area contributed by atoms with Crippen LogP contribution in [0.3, 0.4) is 0 Å². The average Bonchev–Trinajstić information content (AvgIpc) is 2.46. The van der Waals surface area contributed by atoms with Crippen molar-refractivity contribution in [3.05, 3.63) is 28.7 Å². The maximum atomic E-state index is 12.7. The topological polar surface area (TPSA) is 57.7 Å². The molecule has 1 amide bonds. The van der Waals surface area contributed by atoms with Gasteiger partial charge in [-0.15, -0.1) is 0 Å². The molecule has 1 aliphatic rings. The monoisotopic (exact) mass is 374 g/mol. The molecule has 1 unspecified atom stereocenters. The Kier molecular flexibility index (Phi) is 5.06. The van der Waals surface area contributed by atoms with Gasteiger partial charge in [-0.25, -0.2) is 8.42 Å². The molecule has 2 rings (SSSR count). The molecule has 21 heavy (non-hydrogen) atoms. The van der Waals surface area contributed by atoms with Crippen LogP contribution < -0.4 is 0 Å². The molecular weight excluding hydrogens is 356 g/mol.